The number of rotatable bonds is 4. The molecule has 2 aromatic carbocycles. The molecule has 22 heavy (non-hydrogen) atoms. The first kappa shape index (κ1) is 14.4. The Hall–Kier alpha value is -2.53. The zero-order valence-corrected chi connectivity index (χ0v) is 12.4. The summed E-state index contributed by atoms with van der Waals surface area (Å²) < 4.78 is 13.1. The van der Waals surface area contributed by atoms with Crippen LogP contribution in [0.1, 0.15) is 16.1 Å². The molecule has 0 fully saturated rings. The number of aromatic nitrogens is 1. The standard InChI is InChI=1S/C17H13FN2OS/c18-14-8-4-7-13(9-14)16(21)19-10-15-11-22-17(20-15)12-5-2-1-3-6-12/h1-9,11H,10H2,(H,19,21). The van der Waals surface area contributed by atoms with Crippen LogP contribution >= 0.6 is 11.3 Å². The molecule has 0 spiro atoms. The quantitative estimate of drug-likeness (QED) is 0.794. The monoisotopic (exact) mass is 312 g/mol. The van der Waals surface area contributed by atoms with E-state index in [1.54, 1.807) is 6.07 Å². The van der Waals surface area contributed by atoms with Gasteiger partial charge in [0.15, 0.2) is 0 Å². The lowest BCUT2D eigenvalue weighted by Crippen LogP contribution is -2.23. The Kier molecular flexibility index (Phi) is 4.25. The smallest absolute Gasteiger partial charge is 0.251 e. The maximum Gasteiger partial charge on any atom is 0.251 e. The zero-order chi connectivity index (χ0) is 15.4. The minimum absolute atomic E-state index is 0.304. The van der Waals surface area contributed by atoms with Crippen LogP contribution in [0.25, 0.3) is 10.6 Å². The molecule has 0 aliphatic heterocycles. The molecule has 3 aromatic rings. The third-order valence-corrected chi connectivity index (χ3v) is 4.03. The summed E-state index contributed by atoms with van der Waals surface area (Å²) in [6.07, 6.45) is 0. The Bertz CT molecular complexity index is 786. The van der Waals surface area contributed by atoms with Crippen molar-refractivity contribution in [1.82, 2.24) is 10.3 Å². The third kappa shape index (κ3) is 3.38. The van der Waals surface area contributed by atoms with Crippen molar-refractivity contribution in [3.8, 4) is 10.6 Å². The first-order valence-corrected chi connectivity index (χ1v) is 7.64. The van der Waals surface area contributed by atoms with E-state index in [-0.39, 0.29) is 5.91 Å². The fourth-order valence-corrected chi connectivity index (χ4v) is 2.83. The van der Waals surface area contributed by atoms with Crippen LogP contribution in [0.4, 0.5) is 4.39 Å². The van der Waals surface area contributed by atoms with Crippen molar-refractivity contribution >= 4 is 17.2 Å². The van der Waals surface area contributed by atoms with Gasteiger partial charge in [0.1, 0.15) is 10.8 Å². The van der Waals surface area contributed by atoms with Gasteiger partial charge in [-0.05, 0) is 18.2 Å². The predicted molar refractivity (Wildman–Crippen MR) is 85.1 cm³/mol. The predicted octanol–water partition coefficient (Wildman–Crippen LogP) is 3.88. The van der Waals surface area contributed by atoms with Gasteiger partial charge >= 0.3 is 0 Å². The minimum atomic E-state index is -0.423. The second-order valence-corrected chi connectivity index (χ2v) is 5.56. The van der Waals surface area contributed by atoms with Crippen LogP contribution in [0, 0.1) is 5.82 Å². The average Bonchev–Trinajstić information content (AvgIpc) is 3.02. The van der Waals surface area contributed by atoms with Gasteiger partial charge < -0.3 is 5.32 Å². The molecule has 110 valence electrons. The summed E-state index contributed by atoms with van der Waals surface area (Å²) in [5.41, 5.74) is 2.14. The van der Waals surface area contributed by atoms with E-state index < -0.39 is 5.82 Å². The number of benzene rings is 2. The van der Waals surface area contributed by atoms with E-state index >= 15 is 0 Å². The molecule has 0 saturated carbocycles. The second-order valence-electron chi connectivity index (χ2n) is 4.70. The molecule has 0 aliphatic rings. The molecule has 1 amide bonds. The Morgan fingerprint density at radius 2 is 1.95 bits per heavy atom. The highest BCUT2D eigenvalue weighted by Crippen LogP contribution is 2.23. The summed E-state index contributed by atoms with van der Waals surface area (Å²) in [6.45, 7) is 0.318. The fourth-order valence-electron chi connectivity index (χ4n) is 2.00. The molecule has 0 saturated heterocycles. The van der Waals surface area contributed by atoms with E-state index in [0.717, 1.165) is 16.3 Å². The highest BCUT2D eigenvalue weighted by atomic mass is 32.1. The number of carbonyl (C=O) groups excluding carboxylic acids is 1. The van der Waals surface area contributed by atoms with Crippen LogP contribution in [0.5, 0.6) is 0 Å². The van der Waals surface area contributed by atoms with Crippen molar-refractivity contribution in [3.05, 3.63) is 77.1 Å². The summed E-state index contributed by atoms with van der Waals surface area (Å²) in [5.74, 6) is -0.735. The molecule has 0 aliphatic carbocycles. The van der Waals surface area contributed by atoms with Gasteiger partial charge in [0.05, 0.1) is 12.2 Å². The van der Waals surface area contributed by atoms with E-state index in [9.17, 15) is 9.18 Å². The van der Waals surface area contributed by atoms with Crippen molar-refractivity contribution < 1.29 is 9.18 Å². The lowest BCUT2D eigenvalue weighted by atomic mass is 10.2. The SMILES string of the molecule is O=C(NCc1csc(-c2ccccc2)n1)c1cccc(F)c1. The molecule has 0 radical (unpaired) electrons. The lowest BCUT2D eigenvalue weighted by molar-refractivity contribution is 0.0950. The first-order chi connectivity index (χ1) is 10.7. The summed E-state index contributed by atoms with van der Waals surface area (Å²) in [4.78, 5) is 16.4. The van der Waals surface area contributed by atoms with Crippen LogP contribution in [0.3, 0.4) is 0 Å². The van der Waals surface area contributed by atoms with E-state index in [2.05, 4.69) is 10.3 Å². The molecule has 0 atom stereocenters. The number of halogens is 1. The maximum atomic E-state index is 13.1. The largest absolute Gasteiger partial charge is 0.346 e. The maximum absolute atomic E-state index is 13.1. The van der Waals surface area contributed by atoms with Crippen LogP contribution in [0.15, 0.2) is 60.0 Å². The molecule has 1 N–H and O–H groups in total. The minimum Gasteiger partial charge on any atom is -0.346 e. The Labute approximate surface area is 131 Å². The van der Waals surface area contributed by atoms with Gasteiger partial charge in [0.25, 0.3) is 5.91 Å². The molecule has 0 bridgehead atoms. The molecule has 0 unspecified atom stereocenters. The van der Waals surface area contributed by atoms with Gasteiger partial charge in [-0.15, -0.1) is 11.3 Å². The number of nitrogens with zero attached hydrogens (tertiary/aromatic N) is 1. The average molecular weight is 312 g/mol. The van der Waals surface area contributed by atoms with Crippen molar-refractivity contribution in [2.75, 3.05) is 0 Å². The molecule has 5 heteroatoms. The number of amides is 1. The van der Waals surface area contributed by atoms with Gasteiger partial charge in [0, 0.05) is 16.5 Å². The zero-order valence-electron chi connectivity index (χ0n) is 11.6. The fraction of sp³-hybridized carbons (Fsp3) is 0.0588. The Balaban J connectivity index is 1.65. The van der Waals surface area contributed by atoms with Crippen molar-refractivity contribution in [2.24, 2.45) is 0 Å². The Morgan fingerprint density at radius 1 is 1.14 bits per heavy atom. The van der Waals surface area contributed by atoms with Crippen molar-refractivity contribution in [2.45, 2.75) is 6.54 Å². The summed E-state index contributed by atoms with van der Waals surface area (Å²) in [7, 11) is 0. The lowest BCUT2D eigenvalue weighted by Gasteiger charge is -2.03. The van der Waals surface area contributed by atoms with Gasteiger partial charge in [-0.25, -0.2) is 9.37 Å². The summed E-state index contributed by atoms with van der Waals surface area (Å²) in [5, 5.41) is 5.57. The van der Waals surface area contributed by atoms with Crippen LogP contribution < -0.4 is 5.32 Å². The van der Waals surface area contributed by atoms with Crippen LogP contribution in [-0.2, 0) is 6.54 Å². The number of hydrogen-bond acceptors (Lipinski definition) is 3. The highest BCUT2D eigenvalue weighted by Gasteiger charge is 2.08. The van der Waals surface area contributed by atoms with Crippen molar-refractivity contribution in [1.29, 1.82) is 0 Å². The second kappa shape index (κ2) is 6.49. The van der Waals surface area contributed by atoms with Crippen LogP contribution in [0.2, 0.25) is 0 Å². The van der Waals surface area contributed by atoms with Gasteiger partial charge in [-0.1, -0.05) is 36.4 Å². The molecule has 3 rings (SSSR count). The number of thiazole rings is 1. The summed E-state index contributed by atoms with van der Waals surface area (Å²) >= 11 is 1.53. The number of carbonyl (C=O) groups is 1. The number of hydrogen-bond donors (Lipinski definition) is 1. The van der Waals surface area contributed by atoms with Crippen molar-refractivity contribution in [3.63, 3.8) is 0 Å². The molecular weight excluding hydrogens is 299 g/mol. The highest BCUT2D eigenvalue weighted by molar-refractivity contribution is 7.13. The molecule has 3 nitrogen and oxygen atoms in total. The molecule has 1 heterocycles. The van der Waals surface area contributed by atoms with Crippen LogP contribution in [-0.4, -0.2) is 10.9 Å². The first-order valence-electron chi connectivity index (χ1n) is 6.76. The van der Waals surface area contributed by atoms with E-state index in [0.29, 0.717) is 12.1 Å². The third-order valence-electron chi connectivity index (χ3n) is 3.09. The van der Waals surface area contributed by atoms with E-state index in [4.69, 9.17) is 0 Å². The van der Waals surface area contributed by atoms with Gasteiger partial charge in [-0.3, -0.25) is 4.79 Å². The molecule has 1 aromatic heterocycles. The number of nitrogens with one attached hydrogen (secondary N) is 1. The van der Waals surface area contributed by atoms with E-state index in [1.165, 1.54) is 29.5 Å². The molecular formula is C17H13FN2OS. The normalized spacial score (nSPS) is 10.4. The Morgan fingerprint density at radius 3 is 2.73 bits per heavy atom. The van der Waals surface area contributed by atoms with Gasteiger partial charge in [-0.2, -0.15) is 0 Å². The van der Waals surface area contributed by atoms with E-state index in [1.807, 2.05) is 35.7 Å². The van der Waals surface area contributed by atoms with Gasteiger partial charge in [0.2, 0.25) is 0 Å². The summed E-state index contributed by atoms with van der Waals surface area (Å²) in [6, 6.07) is 15.5. The topological polar surface area (TPSA) is 42.0 Å².